The average Bonchev–Trinajstić information content (AvgIpc) is 2.38. The number of benzene rings is 2. The van der Waals surface area contributed by atoms with Crippen molar-refractivity contribution in [2.75, 3.05) is 0 Å². The molecule has 2 aromatic carbocycles. The van der Waals surface area contributed by atoms with Gasteiger partial charge in [0, 0.05) is 6.07 Å². The number of nitriles is 1. The van der Waals surface area contributed by atoms with Crippen molar-refractivity contribution in [3.8, 4) is 6.07 Å². The van der Waals surface area contributed by atoms with E-state index in [9.17, 15) is 13.0 Å². The summed E-state index contributed by atoms with van der Waals surface area (Å²) in [7, 11) is -1.62. The third-order valence-corrected chi connectivity index (χ3v) is 3.91. The molecule has 0 radical (unpaired) electrons. The highest BCUT2D eigenvalue weighted by atomic mass is 32.2. The van der Waals surface area contributed by atoms with Crippen molar-refractivity contribution in [3.05, 3.63) is 65.2 Å². The van der Waals surface area contributed by atoms with Crippen LogP contribution in [0.1, 0.15) is 11.1 Å². The summed E-state index contributed by atoms with van der Waals surface area (Å²) >= 11 is 0. The number of hydrogen-bond donors (Lipinski definition) is 0. The van der Waals surface area contributed by atoms with Gasteiger partial charge in [-0.3, -0.25) is 4.21 Å². The van der Waals surface area contributed by atoms with E-state index in [0.717, 1.165) is 6.07 Å². The zero-order chi connectivity index (χ0) is 13.8. The number of nitrogens with zero attached hydrogens (tertiary/aromatic N) is 1. The van der Waals surface area contributed by atoms with E-state index in [1.807, 2.05) is 6.07 Å². The molecule has 96 valence electrons. The van der Waals surface area contributed by atoms with E-state index in [1.165, 1.54) is 6.07 Å². The molecule has 0 amide bonds. The van der Waals surface area contributed by atoms with Gasteiger partial charge in [0.05, 0.1) is 33.1 Å². The van der Waals surface area contributed by atoms with E-state index in [4.69, 9.17) is 5.26 Å². The molecular weight excluding hydrogens is 268 g/mol. The van der Waals surface area contributed by atoms with Gasteiger partial charge in [0.1, 0.15) is 11.6 Å². The molecule has 0 aliphatic rings. The molecule has 0 spiro atoms. The van der Waals surface area contributed by atoms with Crippen LogP contribution in [-0.2, 0) is 16.6 Å². The fraction of sp³-hybridized carbons (Fsp3) is 0.0714. The van der Waals surface area contributed by atoms with Crippen LogP contribution >= 0.6 is 0 Å². The lowest BCUT2D eigenvalue weighted by Crippen LogP contribution is -2.00. The van der Waals surface area contributed by atoms with Crippen LogP contribution in [0.5, 0.6) is 0 Å². The first-order valence-electron chi connectivity index (χ1n) is 5.42. The first-order valence-corrected chi connectivity index (χ1v) is 6.74. The molecule has 0 saturated heterocycles. The zero-order valence-electron chi connectivity index (χ0n) is 9.77. The Morgan fingerprint density at radius 2 is 1.95 bits per heavy atom. The van der Waals surface area contributed by atoms with Crippen LogP contribution in [0.4, 0.5) is 8.78 Å². The predicted molar refractivity (Wildman–Crippen MR) is 67.6 cm³/mol. The lowest BCUT2D eigenvalue weighted by Gasteiger charge is -2.04. The van der Waals surface area contributed by atoms with Gasteiger partial charge in [-0.2, -0.15) is 5.26 Å². The SMILES string of the molecule is N#Cc1cccc(CS(=O)c2ccc(F)cc2F)c1. The molecule has 2 rings (SSSR count). The maximum Gasteiger partial charge on any atom is 0.142 e. The lowest BCUT2D eigenvalue weighted by molar-refractivity contribution is 0.562. The summed E-state index contributed by atoms with van der Waals surface area (Å²) in [4.78, 5) is -0.0382. The van der Waals surface area contributed by atoms with Crippen molar-refractivity contribution in [3.63, 3.8) is 0 Å². The molecule has 1 unspecified atom stereocenters. The van der Waals surface area contributed by atoms with Crippen molar-refractivity contribution in [1.82, 2.24) is 0 Å². The van der Waals surface area contributed by atoms with Crippen LogP contribution in [0, 0.1) is 23.0 Å². The normalized spacial score (nSPS) is 11.8. The number of hydrogen-bond acceptors (Lipinski definition) is 2. The van der Waals surface area contributed by atoms with Gasteiger partial charge in [0.15, 0.2) is 0 Å². The summed E-state index contributed by atoms with van der Waals surface area (Å²) in [5, 5.41) is 8.76. The highest BCUT2D eigenvalue weighted by molar-refractivity contribution is 7.84. The van der Waals surface area contributed by atoms with Crippen molar-refractivity contribution in [2.24, 2.45) is 0 Å². The Morgan fingerprint density at radius 1 is 1.16 bits per heavy atom. The second kappa shape index (κ2) is 5.72. The van der Waals surface area contributed by atoms with Crippen LogP contribution < -0.4 is 0 Å². The van der Waals surface area contributed by atoms with Crippen LogP contribution in [-0.4, -0.2) is 4.21 Å². The van der Waals surface area contributed by atoms with E-state index >= 15 is 0 Å². The van der Waals surface area contributed by atoms with Gasteiger partial charge in [-0.15, -0.1) is 0 Å². The maximum atomic E-state index is 13.5. The maximum absolute atomic E-state index is 13.5. The van der Waals surface area contributed by atoms with Gasteiger partial charge in [-0.1, -0.05) is 12.1 Å². The summed E-state index contributed by atoms with van der Waals surface area (Å²) in [5.41, 5.74) is 1.12. The first-order chi connectivity index (χ1) is 9.10. The first kappa shape index (κ1) is 13.4. The predicted octanol–water partition coefficient (Wildman–Crippen LogP) is 3.14. The van der Waals surface area contributed by atoms with E-state index in [2.05, 4.69) is 0 Å². The molecule has 0 N–H and O–H groups in total. The minimum Gasteiger partial charge on any atom is -0.254 e. The molecule has 0 saturated carbocycles. The quantitative estimate of drug-likeness (QED) is 0.864. The fourth-order valence-corrected chi connectivity index (χ4v) is 2.75. The summed E-state index contributed by atoms with van der Waals surface area (Å²) in [5.74, 6) is -1.45. The highest BCUT2D eigenvalue weighted by Crippen LogP contribution is 2.17. The number of halogens is 2. The molecule has 0 heterocycles. The molecule has 2 nitrogen and oxygen atoms in total. The summed E-state index contributed by atoms with van der Waals surface area (Å²) in [6, 6.07) is 11.5. The van der Waals surface area contributed by atoms with Crippen LogP contribution in [0.2, 0.25) is 0 Å². The van der Waals surface area contributed by atoms with Crippen LogP contribution in [0.25, 0.3) is 0 Å². The Bertz CT molecular complexity index is 679. The van der Waals surface area contributed by atoms with Gasteiger partial charge in [-0.25, -0.2) is 8.78 Å². The lowest BCUT2D eigenvalue weighted by atomic mass is 10.2. The molecule has 5 heteroatoms. The fourth-order valence-electron chi connectivity index (χ4n) is 1.62. The Hall–Kier alpha value is -2.06. The third-order valence-electron chi connectivity index (χ3n) is 2.49. The van der Waals surface area contributed by atoms with Crippen molar-refractivity contribution in [2.45, 2.75) is 10.6 Å². The smallest absolute Gasteiger partial charge is 0.142 e. The average molecular weight is 277 g/mol. The summed E-state index contributed by atoms with van der Waals surface area (Å²) in [6.45, 7) is 0. The van der Waals surface area contributed by atoms with Gasteiger partial charge >= 0.3 is 0 Å². The second-order valence-corrected chi connectivity index (χ2v) is 5.30. The van der Waals surface area contributed by atoms with E-state index in [0.29, 0.717) is 17.2 Å². The van der Waals surface area contributed by atoms with E-state index < -0.39 is 22.4 Å². The summed E-state index contributed by atoms with van der Waals surface area (Å²) < 4.78 is 38.2. The third kappa shape index (κ3) is 3.24. The van der Waals surface area contributed by atoms with E-state index in [1.54, 1.807) is 24.3 Å². The molecule has 19 heavy (non-hydrogen) atoms. The van der Waals surface area contributed by atoms with Crippen LogP contribution in [0.15, 0.2) is 47.4 Å². The zero-order valence-corrected chi connectivity index (χ0v) is 10.6. The minimum absolute atomic E-state index is 0.0382. The van der Waals surface area contributed by atoms with Gasteiger partial charge in [-0.05, 0) is 29.8 Å². The van der Waals surface area contributed by atoms with Crippen molar-refractivity contribution >= 4 is 10.8 Å². The molecule has 2 aromatic rings. The molecule has 0 aliphatic carbocycles. The van der Waals surface area contributed by atoms with Gasteiger partial charge in [0.2, 0.25) is 0 Å². The second-order valence-electron chi connectivity index (χ2n) is 3.88. The minimum atomic E-state index is -1.62. The molecule has 0 fully saturated rings. The Kier molecular flexibility index (Phi) is 4.03. The molecule has 0 aromatic heterocycles. The monoisotopic (exact) mass is 277 g/mol. The highest BCUT2D eigenvalue weighted by Gasteiger charge is 2.11. The van der Waals surface area contributed by atoms with Gasteiger partial charge in [0.25, 0.3) is 0 Å². The molecule has 0 aliphatic heterocycles. The molecule has 1 atom stereocenters. The largest absolute Gasteiger partial charge is 0.254 e. The van der Waals surface area contributed by atoms with Crippen molar-refractivity contribution in [1.29, 1.82) is 5.26 Å². The standard InChI is InChI=1S/C14H9F2NOS/c15-12-4-5-14(13(16)7-12)19(18)9-11-3-1-2-10(6-11)8-17/h1-7H,9H2. The molecule has 0 bridgehead atoms. The van der Waals surface area contributed by atoms with Gasteiger partial charge < -0.3 is 0 Å². The summed E-state index contributed by atoms with van der Waals surface area (Å²) in [6.07, 6.45) is 0. The Balaban J connectivity index is 2.23. The topological polar surface area (TPSA) is 40.9 Å². The Labute approximate surface area is 111 Å². The number of rotatable bonds is 3. The van der Waals surface area contributed by atoms with E-state index in [-0.39, 0.29) is 10.6 Å². The van der Waals surface area contributed by atoms with Crippen molar-refractivity contribution < 1.29 is 13.0 Å². The Morgan fingerprint density at radius 3 is 2.63 bits per heavy atom. The van der Waals surface area contributed by atoms with Crippen LogP contribution in [0.3, 0.4) is 0 Å². The molecular formula is C14H9F2NOS.